The molecule has 30 heavy (non-hydrogen) atoms. The first-order valence-electron chi connectivity index (χ1n) is 9.36. The van der Waals surface area contributed by atoms with Gasteiger partial charge in [0.1, 0.15) is 11.8 Å². The fourth-order valence-corrected chi connectivity index (χ4v) is 3.80. The second-order valence-electron chi connectivity index (χ2n) is 7.01. The number of rotatable bonds is 5. The number of aromatic nitrogens is 2. The first-order valence-corrected chi connectivity index (χ1v) is 10.2. The van der Waals surface area contributed by atoms with Gasteiger partial charge in [0, 0.05) is 48.6 Å². The highest BCUT2D eigenvalue weighted by Crippen LogP contribution is 2.34. The van der Waals surface area contributed by atoms with Crippen molar-refractivity contribution < 1.29 is 14.5 Å². The Morgan fingerprint density at radius 3 is 2.70 bits per heavy atom. The maximum Gasteiger partial charge on any atom is 0.293 e. The summed E-state index contributed by atoms with van der Waals surface area (Å²) in [5, 5.41) is 11.8. The van der Waals surface area contributed by atoms with E-state index in [2.05, 4.69) is 20.9 Å². The second kappa shape index (κ2) is 8.37. The van der Waals surface area contributed by atoms with E-state index in [1.807, 2.05) is 29.2 Å². The molecule has 1 aliphatic heterocycles. The number of nitrogens with zero attached hydrogens (tertiary/aromatic N) is 4. The minimum absolute atomic E-state index is 0.105. The maximum atomic E-state index is 12.7. The van der Waals surface area contributed by atoms with Crippen LogP contribution in [0.5, 0.6) is 0 Å². The summed E-state index contributed by atoms with van der Waals surface area (Å²) in [4.78, 5) is 30.0. The summed E-state index contributed by atoms with van der Waals surface area (Å²) in [6.07, 6.45) is 2.98. The van der Waals surface area contributed by atoms with Gasteiger partial charge in [0.2, 0.25) is 5.78 Å². The highest BCUT2D eigenvalue weighted by Gasteiger charge is 2.28. The van der Waals surface area contributed by atoms with Crippen LogP contribution in [-0.4, -0.2) is 40.0 Å². The lowest BCUT2D eigenvalue weighted by molar-refractivity contribution is -0.384. The summed E-state index contributed by atoms with van der Waals surface area (Å²) in [5.74, 6) is -0.120. The molecular weight excluding hydrogens is 452 g/mol. The molecule has 1 atom stereocenters. The monoisotopic (exact) mass is 470 g/mol. The van der Waals surface area contributed by atoms with Gasteiger partial charge in [0.25, 0.3) is 5.69 Å². The van der Waals surface area contributed by atoms with Crippen molar-refractivity contribution in [2.24, 2.45) is 7.05 Å². The van der Waals surface area contributed by atoms with E-state index in [0.717, 1.165) is 10.0 Å². The number of anilines is 1. The molecule has 0 amide bonds. The number of carbonyl (C=O) groups excluding carboxylic acids is 1. The minimum Gasteiger partial charge on any atom is -0.370 e. The van der Waals surface area contributed by atoms with Crippen molar-refractivity contribution in [2.45, 2.75) is 6.10 Å². The van der Waals surface area contributed by atoms with Gasteiger partial charge in [-0.05, 0) is 29.8 Å². The van der Waals surface area contributed by atoms with Gasteiger partial charge in [0.05, 0.1) is 11.5 Å². The fraction of sp³-hybridized carbons (Fsp3) is 0.238. The lowest BCUT2D eigenvalue weighted by Gasteiger charge is -2.34. The molecule has 2 aromatic carbocycles. The van der Waals surface area contributed by atoms with Crippen molar-refractivity contribution in [3.63, 3.8) is 0 Å². The first kappa shape index (κ1) is 20.2. The van der Waals surface area contributed by atoms with Crippen LogP contribution in [0.25, 0.3) is 0 Å². The largest absolute Gasteiger partial charge is 0.370 e. The molecule has 1 aromatic heterocycles. The average molecular weight is 471 g/mol. The van der Waals surface area contributed by atoms with Crippen LogP contribution in [-0.2, 0) is 11.8 Å². The Morgan fingerprint density at radius 1 is 1.27 bits per heavy atom. The van der Waals surface area contributed by atoms with Crippen LogP contribution in [0.1, 0.15) is 27.8 Å². The Morgan fingerprint density at radius 2 is 2.03 bits per heavy atom. The number of halogens is 1. The Balaban J connectivity index is 1.63. The predicted octanol–water partition coefficient (Wildman–Crippen LogP) is 3.90. The van der Waals surface area contributed by atoms with E-state index in [-0.39, 0.29) is 29.0 Å². The van der Waals surface area contributed by atoms with Gasteiger partial charge in [-0.25, -0.2) is 4.98 Å². The summed E-state index contributed by atoms with van der Waals surface area (Å²) < 4.78 is 8.45. The normalized spacial score (nSPS) is 16.5. The number of imidazole rings is 1. The summed E-state index contributed by atoms with van der Waals surface area (Å²) in [6, 6.07) is 12.4. The van der Waals surface area contributed by atoms with Crippen LogP contribution >= 0.6 is 15.9 Å². The number of aryl methyl sites for hydroxylation is 1. The van der Waals surface area contributed by atoms with Crippen LogP contribution in [0.15, 0.2) is 59.3 Å². The molecule has 1 fully saturated rings. The zero-order valence-corrected chi connectivity index (χ0v) is 17.8. The highest BCUT2D eigenvalue weighted by atomic mass is 79.9. The van der Waals surface area contributed by atoms with Crippen molar-refractivity contribution >= 4 is 33.1 Å². The van der Waals surface area contributed by atoms with E-state index in [9.17, 15) is 14.9 Å². The number of carbonyl (C=O) groups is 1. The van der Waals surface area contributed by atoms with Gasteiger partial charge < -0.3 is 14.2 Å². The topological polar surface area (TPSA) is 90.5 Å². The van der Waals surface area contributed by atoms with Crippen LogP contribution in [0.4, 0.5) is 11.4 Å². The summed E-state index contributed by atoms with van der Waals surface area (Å²) in [5.41, 5.74) is 1.61. The quantitative estimate of drug-likeness (QED) is 0.319. The summed E-state index contributed by atoms with van der Waals surface area (Å²) in [6.45, 7) is 1.46. The summed E-state index contributed by atoms with van der Waals surface area (Å²) >= 11 is 3.42. The molecule has 0 aliphatic carbocycles. The van der Waals surface area contributed by atoms with E-state index in [0.29, 0.717) is 25.4 Å². The molecule has 1 saturated heterocycles. The number of ether oxygens (including phenoxy) is 1. The van der Waals surface area contributed by atoms with Gasteiger partial charge in [0.15, 0.2) is 5.82 Å². The van der Waals surface area contributed by atoms with Crippen molar-refractivity contribution in [1.82, 2.24) is 9.55 Å². The van der Waals surface area contributed by atoms with Crippen LogP contribution in [0.3, 0.4) is 0 Å². The van der Waals surface area contributed by atoms with Crippen LogP contribution in [0.2, 0.25) is 0 Å². The molecule has 3 aromatic rings. The number of hydrogen-bond acceptors (Lipinski definition) is 6. The van der Waals surface area contributed by atoms with Crippen molar-refractivity contribution in [1.29, 1.82) is 0 Å². The molecule has 0 spiro atoms. The molecule has 0 radical (unpaired) electrons. The smallest absolute Gasteiger partial charge is 0.293 e. The lowest BCUT2D eigenvalue weighted by atomic mass is 10.1. The molecule has 1 unspecified atom stereocenters. The number of ketones is 1. The Labute approximate surface area is 181 Å². The third-order valence-electron chi connectivity index (χ3n) is 5.11. The molecule has 9 heteroatoms. The third-order valence-corrected chi connectivity index (χ3v) is 5.64. The Bertz CT molecular complexity index is 1100. The van der Waals surface area contributed by atoms with E-state index < -0.39 is 4.92 Å². The summed E-state index contributed by atoms with van der Waals surface area (Å²) in [7, 11) is 1.71. The number of nitro groups is 1. The number of nitro benzene ring substituents is 1. The second-order valence-corrected chi connectivity index (χ2v) is 7.92. The number of morpholine rings is 1. The Kier molecular flexibility index (Phi) is 5.65. The molecular formula is C21H19BrN4O4. The van der Waals surface area contributed by atoms with Crippen molar-refractivity contribution in [3.05, 3.63) is 86.4 Å². The highest BCUT2D eigenvalue weighted by molar-refractivity contribution is 9.10. The molecule has 0 bridgehead atoms. The SMILES string of the molecule is Cn1ccnc1C(=O)c1ccc(N2CCOC(c3ccc(Br)cc3)C2)c([N+](=O)[O-])c1. The van der Waals surface area contributed by atoms with Gasteiger partial charge in [-0.3, -0.25) is 14.9 Å². The molecule has 154 valence electrons. The van der Waals surface area contributed by atoms with Gasteiger partial charge >= 0.3 is 0 Å². The molecule has 4 rings (SSSR count). The zero-order valence-electron chi connectivity index (χ0n) is 16.2. The first-order chi connectivity index (χ1) is 14.4. The minimum atomic E-state index is -0.450. The third kappa shape index (κ3) is 3.99. The average Bonchev–Trinajstić information content (AvgIpc) is 3.19. The Hall–Kier alpha value is -3.04. The van der Waals surface area contributed by atoms with Gasteiger partial charge in [-0.15, -0.1) is 0 Å². The molecule has 0 N–H and O–H groups in total. The predicted molar refractivity (Wildman–Crippen MR) is 115 cm³/mol. The van der Waals surface area contributed by atoms with E-state index in [4.69, 9.17) is 4.74 Å². The molecule has 1 aliphatic rings. The fourth-order valence-electron chi connectivity index (χ4n) is 3.54. The van der Waals surface area contributed by atoms with E-state index >= 15 is 0 Å². The maximum absolute atomic E-state index is 12.7. The number of benzene rings is 2. The van der Waals surface area contributed by atoms with Crippen molar-refractivity contribution in [2.75, 3.05) is 24.6 Å². The number of hydrogen-bond donors (Lipinski definition) is 0. The van der Waals surface area contributed by atoms with Crippen molar-refractivity contribution in [3.8, 4) is 0 Å². The standard InChI is InChI=1S/C21H19BrN4O4/c1-24-9-8-23-21(24)20(27)15-4-7-17(18(12-15)26(28)29)25-10-11-30-19(13-25)14-2-5-16(22)6-3-14/h2-9,12,19H,10-11,13H2,1H3. The van der Waals surface area contributed by atoms with Crippen LogP contribution in [0, 0.1) is 10.1 Å². The molecule has 0 saturated carbocycles. The van der Waals surface area contributed by atoms with E-state index in [1.165, 1.54) is 12.3 Å². The van der Waals surface area contributed by atoms with Gasteiger partial charge in [-0.1, -0.05) is 28.1 Å². The molecule has 8 nitrogen and oxygen atoms in total. The zero-order chi connectivity index (χ0) is 21.3. The van der Waals surface area contributed by atoms with E-state index in [1.54, 1.807) is 29.9 Å². The van der Waals surface area contributed by atoms with Gasteiger partial charge in [-0.2, -0.15) is 0 Å². The molecule has 2 heterocycles. The van der Waals surface area contributed by atoms with Crippen LogP contribution < -0.4 is 4.90 Å². The lowest BCUT2D eigenvalue weighted by Crippen LogP contribution is -2.38.